The SMILES string of the molecule is Cc1cc(C)n(CCCNC(=O)C2CCC(=O)N(CCCc3ccccc3)C2)n1. The second-order valence-electron chi connectivity index (χ2n) is 7.96. The maximum atomic E-state index is 12.6. The first kappa shape index (κ1) is 21.1. The van der Waals surface area contributed by atoms with Crippen molar-refractivity contribution in [2.45, 2.75) is 52.5 Å². The average molecular weight is 397 g/mol. The number of carbonyl (C=O) groups excluding carboxylic acids is 2. The number of hydrogen-bond acceptors (Lipinski definition) is 3. The van der Waals surface area contributed by atoms with E-state index in [9.17, 15) is 9.59 Å². The van der Waals surface area contributed by atoms with Crippen LogP contribution in [0.5, 0.6) is 0 Å². The number of nitrogens with one attached hydrogen (secondary N) is 1. The second kappa shape index (κ2) is 10.2. The molecular formula is C23H32N4O2. The van der Waals surface area contributed by atoms with E-state index in [2.05, 4.69) is 28.6 Å². The molecule has 29 heavy (non-hydrogen) atoms. The van der Waals surface area contributed by atoms with Gasteiger partial charge in [0.1, 0.15) is 0 Å². The lowest BCUT2D eigenvalue weighted by Crippen LogP contribution is -2.46. The summed E-state index contributed by atoms with van der Waals surface area (Å²) in [6, 6.07) is 12.4. The molecule has 0 aliphatic carbocycles. The molecule has 2 aromatic rings. The number of amides is 2. The Bertz CT molecular complexity index is 816. The van der Waals surface area contributed by atoms with E-state index in [1.54, 1.807) is 0 Å². The Morgan fingerprint density at radius 2 is 1.97 bits per heavy atom. The summed E-state index contributed by atoms with van der Waals surface area (Å²) in [5.41, 5.74) is 3.45. The van der Waals surface area contributed by atoms with Gasteiger partial charge in [-0.1, -0.05) is 30.3 Å². The Balaban J connectivity index is 1.38. The summed E-state index contributed by atoms with van der Waals surface area (Å²) in [4.78, 5) is 26.7. The largest absolute Gasteiger partial charge is 0.356 e. The van der Waals surface area contributed by atoms with Crippen LogP contribution in [0.2, 0.25) is 0 Å². The Morgan fingerprint density at radius 3 is 2.69 bits per heavy atom. The number of rotatable bonds is 9. The van der Waals surface area contributed by atoms with Crippen LogP contribution in [0.4, 0.5) is 0 Å². The molecule has 1 aliphatic heterocycles. The lowest BCUT2D eigenvalue weighted by atomic mass is 9.96. The molecule has 1 saturated heterocycles. The molecule has 1 N–H and O–H groups in total. The van der Waals surface area contributed by atoms with Gasteiger partial charge in [-0.05, 0) is 51.2 Å². The van der Waals surface area contributed by atoms with Crippen LogP contribution in [0.3, 0.4) is 0 Å². The first-order valence-corrected chi connectivity index (χ1v) is 10.6. The molecule has 1 unspecified atom stereocenters. The van der Waals surface area contributed by atoms with Gasteiger partial charge in [-0.25, -0.2) is 0 Å². The molecule has 0 spiro atoms. The number of aryl methyl sites for hydroxylation is 4. The van der Waals surface area contributed by atoms with Crippen molar-refractivity contribution < 1.29 is 9.59 Å². The zero-order valence-corrected chi connectivity index (χ0v) is 17.6. The number of aromatic nitrogens is 2. The van der Waals surface area contributed by atoms with Gasteiger partial charge in [0.25, 0.3) is 0 Å². The topological polar surface area (TPSA) is 67.2 Å². The van der Waals surface area contributed by atoms with Crippen molar-refractivity contribution in [1.82, 2.24) is 20.0 Å². The highest BCUT2D eigenvalue weighted by molar-refractivity contribution is 5.83. The van der Waals surface area contributed by atoms with E-state index in [1.165, 1.54) is 5.56 Å². The fourth-order valence-electron chi connectivity index (χ4n) is 3.95. The third-order valence-corrected chi connectivity index (χ3v) is 5.56. The van der Waals surface area contributed by atoms with E-state index in [1.807, 2.05) is 41.6 Å². The van der Waals surface area contributed by atoms with Gasteiger partial charge < -0.3 is 10.2 Å². The van der Waals surface area contributed by atoms with Gasteiger partial charge in [0.2, 0.25) is 11.8 Å². The van der Waals surface area contributed by atoms with E-state index < -0.39 is 0 Å². The monoisotopic (exact) mass is 396 g/mol. The number of benzene rings is 1. The molecule has 0 radical (unpaired) electrons. The van der Waals surface area contributed by atoms with E-state index in [0.717, 1.165) is 43.7 Å². The van der Waals surface area contributed by atoms with Crippen molar-refractivity contribution in [3.63, 3.8) is 0 Å². The number of carbonyl (C=O) groups is 2. The fraction of sp³-hybridized carbons (Fsp3) is 0.522. The summed E-state index contributed by atoms with van der Waals surface area (Å²) in [7, 11) is 0. The predicted octanol–water partition coefficient (Wildman–Crippen LogP) is 2.88. The normalized spacial score (nSPS) is 16.8. The average Bonchev–Trinajstić information content (AvgIpc) is 3.04. The van der Waals surface area contributed by atoms with Crippen molar-refractivity contribution >= 4 is 11.8 Å². The number of likely N-dealkylation sites (tertiary alicyclic amines) is 1. The Hall–Kier alpha value is -2.63. The molecular weight excluding hydrogens is 364 g/mol. The minimum atomic E-state index is -0.0990. The van der Waals surface area contributed by atoms with Gasteiger partial charge in [-0.15, -0.1) is 0 Å². The molecule has 1 fully saturated rings. The zero-order chi connectivity index (χ0) is 20.6. The Kier molecular flexibility index (Phi) is 7.44. The third-order valence-electron chi connectivity index (χ3n) is 5.56. The van der Waals surface area contributed by atoms with E-state index in [-0.39, 0.29) is 17.7 Å². The molecule has 6 nitrogen and oxygen atoms in total. The van der Waals surface area contributed by atoms with Crippen molar-refractivity contribution in [3.05, 3.63) is 53.3 Å². The standard InChI is InChI=1S/C23H32N4O2/c1-18-16-19(2)27(25-18)15-7-13-24-23(29)21-11-12-22(28)26(17-21)14-6-10-20-8-4-3-5-9-20/h3-5,8-9,16,21H,6-7,10-15,17H2,1-2H3,(H,24,29). The quantitative estimate of drug-likeness (QED) is 0.663. The third kappa shape index (κ3) is 6.17. The minimum Gasteiger partial charge on any atom is -0.356 e. The van der Waals surface area contributed by atoms with E-state index in [0.29, 0.717) is 25.9 Å². The molecule has 0 saturated carbocycles. The van der Waals surface area contributed by atoms with Gasteiger partial charge in [0.05, 0.1) is 11.6 Å². The highest BCUT2D eigenvalue weighted by atomic mass is 16.2. The fourth-order valence-corrected chi connectivity index (χ4v) is 3.95. The van der Waals surface area contributed by atoms with Crippen LogP contribution in [0.1, 0.15) is 42.6 Å². The van der Waals surface area contributed by atoms with Crippen molar-refractivity contribution in [2.24, 2.45) is 5.92 Å². The van der Waals surface area contributed by atoms with Gasteiger partial charge in [-0.3, -0.25) is 14.3 Å². The molecule has 1 aliphatic rings. The highest BCUT2D eigenvalue weighted by Gasteiger charge is 2.29. The van der Waals surface area contributed by atoms with Gasteiger partial charge >= 0.3 is 0 Å². The van der Waals surface area contributed by atoms with Crippen LogP contribution in [0.25, 0.3) is 0 Å². The lowest BCUT2D eigenvalue weighted by Gasteiger charge is -2.32. The van der Waals surface area contributed by atoms with Crippen molar-refractivity contribution in [1.29, 1.82) is 0 Å². The lowest BCUT2D eigenvalue weighted by molar-refractivity contribution is -0.138. The summed E-state index contributed by atoms with van der Waals surface area (Å²) >= 11 is 0. The zero-order valence-electron chi connectivity index (χ0n) is 17.6. The second-order valence-corrected chi connectivity index (χ2v) is 7.96. The van der Waals surface area contributed by atoms with Gasteiger partial charge in [0, 0.05) is 38.3 Å². The number of piperidine rings is 1. The molecule has 156 valence electrons. The van der Waals surface area contributed by atoms with E-state index >= 15 is 0 Å². The smallest absolute Gasteiger partial charge is 0.224 e. The van der Waals surface area contributed by atoms with Crippen LogP contribution >= 0.6 is 0 Å². The maximum Gasteiger partial charge on any atom is 0.224 e. The number of hydrogen-bond donors (Lipinski definition) is 1. The van der Waals surface area contributed by atoms with Gasteiger partial charge in [-0.2, -0.15) is 5.10 Å². The van der Waals surface area contributed by atoms with Crippen LogP contribution in [0, 0.1) is 19.8 Å². The van der Waals surface area contributed by atoms with Crippen LogP contribution in [-0.4, -0.2) is 46.1 Å². The van der Waals surface area contributed by atoms with Gasteiger partial charge in [0.15, 0.2) is 0 Å². The predicted molar refractivity (Wildman–Crippen MR) is 113 cm³/mol. The first-order valence-electron chi connectivity index (χ1n) is 10.6. The molecule has 6 heteroatoms. The minimum absolute atomic E-state index is 0.0685. The van der Waals surface area contributed by atoms with Crippen LogP contribution in [-0.2, 0) is 22.6 Å². The van der Waals surface area contributed by atoms with E-state index in [4.69, 9.17) is 0 Å². The van der Waals surface area contributed by atoms with Crippen molar-refractivity contribution in [3.8, 4) is 0 Å². The molecule has 1 aromatic carbocycles. The summed E-state index contributed by atoms with van der Waals surface area (Å²) in [5.74, 6) is 0.142. The molecule has 2 heterocycles. The highest BCUT2D eigenvalue weighted by Crippen LogP contribution is 2.18. The van der Waals surface area contributed by atoms with Crippen LogP contribution in [0.15, 0.2) is 36.4 Å². The Morgan fingerprint density at radius 1 is 1.17 bits per heavy atom. The van der Waals surface area contributed by atoms with Crippen molar-refractivity contribution in [2.75, 3.05) is 19.6 Å². The summed E-state index contributed by atoms with van der Waals surface area (Å²) in [5, 5.41) is 7.49. The maximum absolute atomic E-state index is 12.6. The molecule has 2 amide bonds. The summed E-state index contributed by atoms with van der Waals surface area (Å²) in [6.07, 6.45) is 3.84. The molecule has 3 rings (SSSR count). The Labute approximate surface area is 173 Å². The number of nitrogens with zero attached hydrogens (tertiary/aromatic N) is 3. The van der Waals surface area contributed by atoms with Crippen LogP contribution < -0.4 is 5.32 Å². The molecule has 1 atom stereocenters. The summed E-state index contributed by atoms with van der Waals surface area (Å²) < 4.78 is 1.98. The summed E-state index contributed by atoms with van der Waals surface area (Å²) in [6.45, 7) is 6.72. The first-order chi connectivity index (χ1) is 14.0. The molecule has 0 bridgehead atoms. The molecule has 1 aromatic heterocycles.